The number of aromatic hydroxyl groups is 1. The Morgan fingerprint density at radius 3 is 2.74 bits per heavy atom. The molecule has 0 saturated heterocycles. The third kappa shape index (κ3) is 3.12. The summed E-state index contributed by atoms with van der Waals surface area (Å²) in [5.41, 5.74) is 1.51. The van der Waals surface area contributed by atoms with Crippen molar-refractivity contribution in [2.75, 3.05) is 7.11 Å². The zero-order valence-electron chi connectivity index (χ0n) is 10.8. The van der Waals surface area contributed by atoms with Gasteiger partial charge < -0.3 is 9.84 Å². The Hall–Kier alpha value is -1.88. The number of methoxy groups -OCH3 is 1. The first kappa shape index (κ1) is 13.5. The molecule has 0 aliphatic carbocycles. The molecule has 0 spiro atoms. The van der Waals surface area contributed by atoms with Crippen molar-refractivity contribution in [2.24, 2.45) is 0 Å². The summed E-state index contributed by atoms with van der Waals surface area (Å²) in [6.07, 6.45) is 0.210. The molecule has 0 radical (unpaired) electrons. The fourth-order valence-electron chi connectivity index (χ4n) is 1.78. The van der Waals surface area contributed by atoms with Gasteiger partial charge in [0.2, 0.25) is 0 Å². The van der Waals surface area contributed by atoms with Crippen LogP contribution in [-0.4, -0.2) is 23.2 Å². The Kier molecular flexibility index (Phi) is 4.16. The van der Waals surface area contributed by atoms with Crippen LogP contribution >= 0.6 is 11.3 Å². The summed E-state index contributed by atoms with van der Waals surface area (Å²) in [5.74, 6) is -0.470. The predicted octanol–water partition coefficient (Wildman–Crippen LogP) is 3.18. The fourth-order valence-corrected chi connectivity index (χ4v) is 2.71. The predicted molar refractivity (Wildman–Crippen MR) is 74.3 cm³/mol. The van der Waals surface area contributed by atoms with Crippen LogP contribution in [0.15, 0.2) is 30.3 Å². The molecule has 1 atom stereocenters. The molecule has 0 saturated carbocycles. The standard InChI is InChI=1S/C14H15NO3S/c1-9(8-11(16)18-2)12-14(17)19-13(15-12)10-6-4-3-5-7-10/h3-7,9,17H,8H2,1-2H3. The number of nitrogens with zero attached hydrogens (tertiary/aromatic N) is 1. The molecule has 0 aliphatic rings. The van der Waals surface area contributed by atoms with Gasteiger partial charge in [-0.2, -0.15) is 0 Å². The van der Waals surface area contributed by atoms with Gasteiger partial charge in [0.15, 0.2) is 5.06 Å². The fraction of sp³-hybridized carbons (Fsp3) is 0.286. The van der Waals surface area contributed by atoms with Crippen LogP contribution in [0.3, 0.4) is 0 Å². The molecule has 0 bridgehead atoms. The van der Waals surface area contributed by atoms with Crippen LogP contribution < -0.4 is 0 Å². The second kappa shape index (κ2) is 5.84. The lowest BCUT2D eigenvalue weighted by Gasteiger charge is -2.06. The van der Waals surface area contributed by atoms with Gasteiger partial charge >= 0.3 is 5.97 Å². The van der Waals surface area contributed by atoms with Gasteiger partial charge in [-0.25, -0.2) is 4.98 Å². The highest BCUT2D eigenvalue weighted by Gasteiger charge is 2.20. The Morgan fingerprint density at radius 1 is 1.42 bits per heavy atom. The third-order valence-electron chi connectivity index (χ3n) is 2.82. The van der Waals surface area contributed by atoms with Crippen LogP contribution in [0.5, 0.6) is 5.06 Å². The molecule has 1 heterocycles. The van der Waals surface area contributed by atoms with Crippen molar-refractivity contribution in [1.82, 2.24) is 4.98 Å². The first-order chi connectivity index (χ1) is 9.11. The van der Waals surface area contributed by atoms with Gasteiger partial charge in [0.1, 0.15) is 5.01 Å². The summed E-state index contributed by atoms with van der Waals surface area (Å²) in [6.45, 7) is 1.85. The molecule has 0 aliphatic heterocycles. The third-order valence-corrected chi connectivity index (χ3v) is 3.75. The van der Waals surface area contributed by atoms with E-state index in [0.29, 0.717) is 5.69 Å². The van der Waals surface area contributed by atoms with Gasteiger partial charge in [-0.05, 0) is 0 Å². The Bertz CT molecular complexity index is 565. The number of aromatic nitrogens is 1. The van der Waals surface area contributed by atoms with E-state index in [-0.39, 0.29) is 23.4 Å². The molecule has 100 valence electrons. The molecule has 2 rings (SSSR count). The Balaban J connectivity index is 2.24. The molecule has 0 fully saturated rings. The zero-order valence-corrected chi connectivity index (χ0v) is 11.6. The number of esters is 1. The van der Waals surface area contributed by atoms with Gasteiger partial charge in [-0.15, -0.1) is 0 Å². The minimum atomic E-state index is -0.304. The summed E-state index contributed by atoms with van der Waals surface area (Å²) in [7, 11) is 1.35. The van der Waals surface area contributed by atoms with E-state index < -0.39 is 0 Å². The van der Waals surface area contributed by atoms with Crippen molar-refractivity contribution < 1.29 is 14.6 Å². The number of ether oxygens (including phenoxy) is 1. The molecule has 1 aromatic carbocycles. The maximum atomic E-state index is 11.3. The summed E-state index contributed by atoms with van der Waals surface area (Å²) >= 11 is 1.22. The van der Waals surface area contributed by atoms with E-state index >= 15 is 0 Å². The highest BCUT2D eigenvalue weighted by molar-refractivity contribution is 7.16. The molecular weight excluding hydrogens is 262 g/mol. The van der Waals surface area contributed by atoms with Crippen molar-refractivity contribution >= 4 is 17.3 Å². The number of hydrogen-bond donors (Lipinski definition) is 1. The lowest BCUT2D eigenvalue weighted by atomic mass is 10.1. The number of benzene rings is 1. The van der Waals surface area contributed by atoms with Crippen LogP contribution in [0.2, 0.25) is 0 Å². The monoisotopic (exact) mass is 277 g/mol. The SMILES string of the molecule is COC(=O)CC(C)c1nc(-c2ccccc2)sc1O. The van der Waals surface area contributed by atoms with Crippen LogP contribution in [0.25, 0.3) is 10.6 Å². The van der Waals surface area contributed by atoms with Crippen LogP contribution in [0, 0.1) is 0 Å². The minimum absolute atomic E-state index is 0.162. The summed E-state index contributed by atoms with van der Waals surface area (Å²) in [5, 5.41) is 10.9. The quantitative estimate of drug-likeness (QED) is 0.872. The van der Waals surface area contributed by atoms with E-state index in [1.54, 1.807) is 0 Å². The average Bonchev–Trinajstić information content (AvgIpc) is 2.81. The van der Waals surface area contributed by atoms with E-state index in [4.69, 9.17) is 0 Å². The number of carbonyl (C=O) groups is 1. The Labute approximate surface area is 115 Å². The second-order valence-corrected chi connectivity index (χ2v) is 5.23. The first-order valence-electron chi connectivity index (χ1n) is 5.93. The molecule has 0 amide bonds. The number of carbonyl (C=O) groups excluding carboxylic acids is 1. The second-order valence-electron chi connectivity index (χ2n) is 4.26. The molecule has 4 nitrogen and oxygen atoms in total. The number of thiazole rings is 1. The molecule has 1 unspecified atom stereocenters. The Morgan fingerprint density at radius 2 is 2.11 bits per heavy atom. The highest BCUT2D eigenvalue weighted by Crippen LogP contribution is 2.37. The summed E-state index contributed by atoms with van der Waals surface area (Å²) in [4.78, 5) is 15.7. The smallest absolute Gasteiger partial charge is 0.306 e. The van der Waals surface area contributed by atoms with Gasteiger partial charge in [0.05, 0.1) is 19.2 Å². The summed E-state index contributed by atoms with van der Waals surface area (Å²) < 4.78 is 4.63. The summed E-state index contributed by atoms with van der Waals surface area (Å²) in [6, 6.07) is 9.65. The minimum Gasteiger partial charge on any atom is -0.498 e. The molecule has 19 heavy (non-hydrogen) atoms. The largest absolute Gasteiger partial charge is 0.498 e. The van der Waals surface area contributed by atoms with Crippen molar-refractivity contribution in [2.45, 2.75) is 19.3 Å². The van der Waals surface area contributed by atoms with E-state index in [1.165, 1.54) is 18.4 Å². The lowest BCUT2D eigenvalue weighted by Crippen LogP contribution is -2.06. The van der Waals surface area contributed by atoms with Crippen LogP contribution in [0.4, 0.5) is 0 Å². The average molecular weight is 277 g/mol. The van der Waals surface area contributed by atoms with Crippen LogP contribution in [0.1, 0.15) is 25.0 Å². The van der Waals surface area contributed by atoms with Crippen molar-refractivity contribution in [3.8, 4) is 15.6 Å². The topological polar surface area (TPSA) is 59.4 Å². The maximum Gasteiger partial charge on any atom is 0.306 e. The van der Waals surface area contributed by atoms with Crippen molar-refractivity contribution in [3.05, 3.63) is 36.0 Å². The van der Waals surface area contributed by atoms with Gasteiger partial charge in [0, 0.05) is 11.5 Å². The maximum absolute atomic E-state index is 11.3. The van der Waals surface area contributed by atoms with Gasteiger partial charge in [-0.1, -0.05) is 48.6 Å². The van der Waals surface area contributed by atoms with Crippen molar-refractivity contribution in [1.29, 1.82) is 0 Å². The molecular formula is C14H15NO3S. The van der Waals surface area contributed by atoms with E-state index in [9.17, 15) is 9.90 Å². The number of rotatable bonds is 4. The molecule has 2 aromatic rings. The molecule has 1 aromatic heterocycles. The van der Waals surface area contributed by atoms with E-state index in [0.717, 1.165) is 10.6 Å². The normalized spacial score (nSPS) is 12.1. The first-order valence-corrected chi connectivity index (χ1v) is 6.75. The highest BCUT2D eigenvalue weighted by atomic mass is 32.1. The van der Waals surface area contributed by atoms with Gasteiger partial charge in [0.25, 0.3) is 0 Å². The zero-order chi connectivity index (χ0) is 13.8. The van der Waals surface area contributed by atoms with E-state index in [1.807, 2.05) is 37.3 Å². The van der Waals surface area contributed by atoms with E-state index in [2.05, 4.69) is 9.72 Å². The molecule has 5 heteroatoms. The van der Waals surface area contributed by atoms with Crippen LogP contribution in [-0.2, 0) is 9.53 Å². The lowest BCUT2D eigenvalue weighted by molar-refractivity contribution is -0.141. The van der Waals surface area contributed by atoms with Gasteiger partial charge in [-0.3, -0.25) is 4.79 Å². The number of hydrogen-bond acceptors (Lipinski definition) is 5. The van der Waals surface area contributed by atoms with Crippen molar-refractivity contribution in [3.63, 3.8) is 0 Å². The molecule has 1 N–H and O–H groups in total.